The third kappa shape index (κ3) is 4.68. The molecule has 0 spiro atoms. The maximum atomic E-state index is 12.0. The number of benzene rings is 1. The summed E-state index contributed by atoms with van der Waals surface area (Å²) in [6, 6.07) is 4.51. The van der Waals surface area contributed by atoms with Crippen LogP contribution in [-0.4, -0.2) is 31.2 Å². The van der Waals surface area contributed by atoms with Gasteiger partial charge < -0.3 is 5.73 Å². The number of halogens is 1. The highest BCUT2D eigenvalue weighted by atomic mass is 79.9. The summed E-state index contributed by atoms with van der Waals surface area (Å²) < 4.78 is 37.6. The topological polar surface area (TPSA) is 89.3 Å². The number of rotatable bonds is 6. The van der Waals surface area contributed by atoms with Crippen LogP contribution in [0, 0.1) is 0 Å². The molecular formula is C10H15BrN2O3S2. The van der Waals surface area contributed by atoms with Crippen LogP contribution in [0.15, 0.2) is 27.6 Å². The van der Waals surface area contributed by atoms with Crippen LogP contribution in [0.3, 0.4) is 0 Å². The van der Waals surface area contributed by atoms with E-state index in [9.17, 15) is 12.6 Å². The largest absolute Gasteiger partial charge is 0.399 e. The molecule has 1 aromatic rings. The van der Waals surface area contributed by atoms with E-state index < -0.39 is 20.8 Å². The fourth-order valence-corrected chi connectivity index (χ4v) is 4.01. The molecule has 0 radical (unpaired) electrons. The second-order valence-corrected chi connectivity index (χ2v) is 7.86. The molecule has 0 aliphatic rings. The Kier molecular flexibility index (Phi) is 5.77. The lowest BCUT2D eigenvalue weighted by molar-refractivity contribution is 0.580. The Morgan fingerprint density at radius 3 is 2.67 bits per heavy atom. The smallest absolute Gasteiger partial charge is 0.241 e. The van der Waals surface area contributed by atoms with Gasteiger partial charge in [0.25, 0.3) is 0 Å². The maximum Gasteiger partial charge on any atom is 0.241 e. The van der Waals surface area contributed by atoms with Gasteiger partial charge in [0.15, 0.2) is 0 Å². The van der Waals surface area contributed by atoms with Crippen molar-refractivity contribution in [2.75, 3.05) is 24.3 Å². The van der Waals surface area contributed by atoms with Gasteiger partial charge in [0.1, 0.15) is 0 Å². The Hall–Kier alpha value is -0.440. The van der Waals surface area contributed by atoms with Crippen LogP contribution < -0.4 is 10.5 Å². The van der Waals surface area contributed by atoms with Crippen molar-refractivity contribution in [3.8, 4) is 0 Å². The van der Waals surface area contributed by atoms with Gasteiger partial charge in [-0.3, -0.25) is 4.21 Å². The van der Waals surface area contributed by atoms with E-state index in [1.807, 2.05) is 0 Å². The molecule has 102 valence electrons. The molecule has 0 bridgehead atoms. The van der Waals surface area contributed by atoms with Crippen molar-refractivity contribution in [1.82, 2.24) is 4.72 Å². The summed E-state index contributed by atoms with van der Waals surface area (Å²) in [4.78, 5) is 0.148. The number of hydrogen-bond donors (Lipinski definition) is 2. The fraction of sp³-hybridized carbons (Fsp3) is 0.400. The number of nitrogens with one attached hydrogen (secondary N) is 1. The quantitative estimate of drug-likeness (QED) is 0.590. The summed E-state index contributed by atoms with van der Waals surface area (Å²) in [7, 11) is -4.46. The minimum Gasteiger partial charge on any atom is -0.399 e. The van der Waals surface area contributed by atoms with Gasteiger partial charge in [0.05, 0.1) is 4.90 Å². The molecule has 1 atom stereocenters. The molecule has 0 amide bonds. The third-order valence-corrected chi connectivity index (χ3v) is 5.45. The molecule has 0 aliphatic carbocycles. The second kappa shape index (κ2) is 6.65. The number of sulfonamides is 1. The van der Waals surface area contributed by atoms with Crippen molar-refractivity contribution in [2.24, 2.45) is 0 Å². The normalized spacial score (nSPS) is 13.4. The molecule has 1 aromatic carbocycles. The molecule has 1 unspecified atom stereocenters. The predicted octanol–water partition coefficient (Wildman–Crippen LogP) is 1.08. The van der Waals surface area contributed by atoms with Crippen molar-refractivity contribution < 1.29 is 12.6 Å². The van der Waals surface area contributed by atoms with Crippen LogP contribution in [0.4, 0.5) is 5.69 Å². The summed E-state index contributed by atoms with van der Waals surface area (Å²) in [6.45, 7) is 0.263. The van der Waals surface area contributed by atoms with Crippen molar-refractivity contribution in [1.29, 1.82) is 0 Å². The monoisotopic (exact) mass is 354 g/mol. The van der Waals surface area contributed by atoms with Crippen molar-refractivity contribution in [2.45, 2.75) is 11.3 Å². The summed E-state index contributed by atoms with van der Waals surface area (Å²) >= 11 is 3.17. The highest BCUT2D eigenvalue weighted by Gasteiger charge is 2.16. The van der Waals surface area contributed by atoms with Crippen LogP contribution in [0.1, 0.15) is 6.42 Å². The molecule has 5 nitrogen and oxygen atoms in total. The Bertz CT molecular complexity index is 546. The van der Waals surface area contributed by atoms with E-state index in [-0.39, 0.29) is 11.4 Å². The first kappa shape index (κ1) is 15.6. The van der Waals surface area contributed by atoms with E-state index in [1.54, 1.807) is 6.26 Å². The van der Waals surface area contributed by atoms with Crippen LogP contribution in [0.25, 0.3) is 0 Å². The molecule has 0 aliphatic heterocycles. The standard InChI is InChI=1S/C10H15BrN2O3S2/c1-17(14)6-2-5-13-18(15,16)10-4-3-8(12)7-9(10)11/h3-4,7,13H,2,5-6,12H2,1H3. The van der Waals surface area contributed by atoms with Gasteiger partial charge >= 0.3 is 0 Å². The fourth-order valence-electron chi connectivity index (χ4n) is 1.29. The Morgan fingerprint density at radius 2 is 2.11 bits per heavy atom. The average Bonchev–Trinajstić information content (AvgIpc) is 2.23. The van der Waals surface area contributed by atoms with E-state index >= 15 is 0 Å². The summed E-state index contributed by atoms with van der Waals surface area (Å²) in [5, 5.41) is 0. The summed E-state index contributed by atoms with van der Waals surface area (Å²) in [5.41, 5.74) is 6.03. The zero-order chi connectivity index (χ0) is 13.8. The van der Waals surface area contributed by atoms with Crippen molar-refractivity contribution >= 4 is 42.4 Å². The van der Waals surface area contributed by atoms with Crippen molar-refractivity contribution in [3.63, 3.8) is 0 Å². The summed E-state index contributed by atoms with van der Waals surface area (Å²) in [6.07, 6.45) is 2.12. The predicted molar refractivity (Wildman–Crippen MR) is 77.3 cm³/mol. The van der Waals surface area contributed by atoms with E-state index in [0.29, 0.717) is 22.3 Å². The molecule has 8 heteroatoms. The first-order valence-electron chi connectivity index (χ1n) is 5.17. The molecule has 0 fully saturated rings. The molecule has 3 N–H and O–H groups in total. The number of nitrogen functional groups attached to an aromatic ring is 1. The van der Waals surface area contributed by atoms with Gasteiger partial charge in [-0.2, -0.15) is 0 Å². The van der Waals surface area contributed by atoms with Gasteiger partial charge in [-0.05, 0) is 40.5 Å². The highest BCUT2D eigenvalue weighted by molar-refractivity contribution is 9.10. The average molecular weight is 355 g/mol. The number of anilines is 1. The van der Waals surface area contributed by atoms with Gasteiger partial charge in [-0.1, -0.05) is 0 Å². The Labute approximate surface area is 118 Å². The van der Waals surface area contributed by atoms with Crippen LogP contribution in [-0.2, 0) is 20.8 Å². The second-order valence-electron chi connectivity index (χ2n) is 3.72. The molecule has 0 heterocycles. The SMILES string of the molecule is CS(=O)CCCNS(=O)(=O)c1ccc(N)cc1Br. The molecule has 1 rings (SSSR count). The van der Waals surface area contributed by atoms with Crippen LogP contribution in [0.5, 0.6) is 0 Å². The number of hydrogen-bond acceptors (Lipinski definition) is 4. The minimum absolute atomic E-state index is 0.148. The van der Waals surface area contributed by atoms with E-state index in [0.717, 1.165) is 0 Å². The number of nitrogens with two attached hydrogens (primary N) is 1. The van der Waals surface area contributed by atoms with Gasteiger partial charge in [-0.25, -0.2) is 13.1 Å². The summed E-state index contributed by atoms with van der Waals surface area (Å²) in [5.74, 6) is 0.478. The lowest BCUT2D eigenvalue weighted by Crippen LogP contribution is -2.26. The molecule has 0 aromatic heterocycles. The van der Waals surface area contributed by atoms with E-state index in [4.69, 9.17) is 5.73 Å². The zero-order valence-corrected chi connectivity index (χ0v) is 13.1. The molecular weight excluding hydrogens is 340 g/mol. The lowest BCUT2D eigenvalue weighted by atomic mass is 10.3. The zero-order valence-electron chi connectivity index (χ0n) is 9.85. The Morgan fingerprint density at radius 1 is 1.44 bits per heavy atom. The first-order chi connectivity index (χ1) is 8.33. The van der Waals surface area contributed by atoms with Gasteiger partial charge in [-0.15, -0.1) is 0 Å². The first-order valence-corrected chi connectivity index (χ1v) is 9.18. The van der Waals surface area contributed by atoms with E-state index in [1.165, 1.54) is 18.2 Å². The maximum absolute atomic E-state index is 12.0. The van der Waals surface area contributed by atoms with Gasteiger partial charge in [0, 0.05) is 39.5 Å². The minimum atomic E-state index is -3.56. The lowest BCUT2D eigenvalue weighted by Gasteiger charge is -2.08. The molecule has 18 heavy (non-hydrogen) atoms. The highest BCUT2D eigenvalue weighted by Crippen LogP contribution is 2.23. The Balaban J connectivity index is 2.71. The molecule has 0 saturated heterocycles. The third-order valence-electron chi connectivity index (χ3n) is 2.15. The van der Waals surface area contributed by atoms with E-state index in [2.05, 4.69) is 20.7 Å². The molecule has 0 saturated carbocycles. The van der Waals surface area contributed by atoms with Crippen molar-refractivity contribution in [3.05, 3.63) is 22.7 Å². The van der Waals surface area contributed by atoms with Crippen LogP contribution in [0.2, 0.25) is 0 Å². The van der Waals surface area contributed by atoms with Gasteiger partial charge in [0.2, 0.25) is 10.0 Å². The van der Waals surface area contributed by atoms with Crippen LogP contribution >= 0.6 is 15.9 Å².